The van der Waals surface area contributed by atoms with Crippen LogP contribution in [0.25, 0.3) is 0 Å². The zero-order valence-electron chi connectivity index (χ0n) is 31.1. The number of hydrogen-bond acceptors (Lipinski definition) is 8. The Morgan fingerprint density at radius 1 is 0.700 bits per heavy atom. The van der Waals surface area contributed by atoms with Gasteiger partial charge < -0.3 is 40.3 Å². The number of unbranched alkanes of at least 4 members (excludes halogenated alkanes) is 12. The largest absolute Gasteiger partial charge is 0.394 e. The molecule has 9 nitrogen and oxygen atoms in total. The van der Waals surface area contributed by atoms with Gasteiger partial charge in [0.15, 0.2) is 6.29 Å². The van der Waals surface area contributed by atoms with Gasteiger partial charge in [0.25, 0.3) is 0 Å². The highest BCUT2D eigenvalue weighted by Gasteiger charge is 2.44. The van der Waals surface area contributed by atoms with Gasteiger partial charge in [0.05, 0.1) is 25.4 Å². The molecule has 0 bridgehead atoms. The molecule has 50 heavy (non-hydrogen) atoms. The molecule has 0 spiro atoms. The van der Waals surface area contributed by atoms with Gasteiger partial charge in [0.2, 0.25) is 5.91 Å². The Balaban J connectivity index is 2.45. The SMILES string of the molecule is CC/C=C\C/C=C\C/C=C\C/C=C\CCCCCCC(=O)NC(COC1OC(CO)C(O)C(O)C1O)C(O)/C=C/CCCCCCCCCC. The molecule has 0 aromatic rings. The summed E-state index contributed by atoms with van der Waals surface area (Å²) in [5.41, 5.74) is 0. The van der Waals surface area contributed by atoms with Crippen molar-refractivity contribution in [2.45, 2.75) is 179 Å². The van der Waals surface area contributed by atoms with E-state index in [2.05, 4.69) is 67.8 Å². The van der Waals surface area contributed by atoms with Gasteiger partial charge in [-0.05, 0) is 57.8 Å². The first-order valence-corrected chi connectivity index (χ1v) is 19.5. The first-order valence-electron chi connectivity index (χ1n) is 19.5. The number of carbonyl (C=O) groups excluding carboxylic acids is 1. The zero-order valence-corrected chi connectivity index (χ0v) is 31.1. The van der Waals surface area contributed by atoms with Crippen LogP contribution in [0.4, 0.5) is 0 Å². The molecule has 9 heteroatoms. The molecule has 1 aliphatic heterocycles. The Morgan fingerprint density at radius 3 is 1.84 bits per heavy atom. The molecular weight excluding hydrogens is 634 g/mol. The van der Waals surface area contributed by atoms with Gasteiger partial charge in [0, 0.05) is 6.42 Å². The summed E-state index contributed by atoms with van der Waals surface area (Å²) in [4.78, 5) is 12.9. The predicted octanol–water partition coefficient (Wildman–Crippen LogP) is 6.88. The van der Waals surface area contributed by atoms with E-state index in [1.54, 1.807) is 6.08 Å². The van der Waals surface area contributed by atoms with Crippen molar-refractivity contribution >= 4 is 5.91 Å². The number of allylic oxidation sites excluding steroid dienone is 9. The van der Waals surface area contributed by atoms with Gasteiger partial charge in [0.1, 0.15) is 24.4 Å². The van der Waals surface area contributed by atoms with Crippen molar-refractivity contribution in [2.24, 2.45) is 0 Å². The molecule has 1 fully saturated rings. The number of ether oxygens (including phenoxy) is 2. The zero-order chi connectivity index (χ0) is 36.7. The number of nitrogens with one attached hydrogen (secondary N) is 1. The minimum atomic E-state index is -1.57. The van der Waals surface area contributed by atoms with Gasteiger partial charge in [-0.25, -0.2) is 0 Å². The van der Waals surface area contributed by atoms with Crippen LogP contribution in [0.1, 0.15) is 136 Å². The van der Waals surface area contributed by atoms with Crippen LogP contribution in [0.3, 0.4) is 0 Å². The summed E-state index contributed by atoms with van der Waals surface area (Å²) in [6.45, 7) is 3.58. The number of aliphatic hydroxyl groups excluding tert-OH is 5. The van der Waals surface area contributed by atoms with Gasteiger partial charge in [-0.3, -0.25) is 4.79 Å². The fourth-order valence-corrected chi connectivity index (χ4v) is 5.67. The van der Waals surface area contributed by atoms with E-state index in [1.807, 2.05) is 6.08 Å². The highest BCUT2D eigenvalue weighted by Crippen LogP contribution is 2.22. The fourth-order valence-electron chi connectivity index (χ4n) is 5.67. The molecule has 288 valence electrons. The van der Waals surface area contributed by atoms with Crippen LogP contribution in [0.2, 0.25) is 0 Å². The number of carbonyl (C=O) groups is 1. The van der Waals surface area contributed by atoms with Crippen LogP contribution in [0.15, 0.2) is 60.8 Å². The minimum Gasteiger partial charge on any atom is -0.394 e. The summed E-state index contributed by atoms with van der Waals surface area (Å²) in [6, 6.07) is -0.817. The Kier molecular flexibility index (Phi) is 29.0. The maximum absolute atomic E-state index is 12.9. The molecule has 0 aliphatic carbocycles. The Bertz CT molecular complexity index is 962. The second kappa shape index (κ2) is 31.6. The highest BCUT2D eigenvalue weighted by atomic mass is 16.7. The van der Waals surface area contributed by atoms with Crippen molar-refractivity contribution in [3.8, 4) is 0 Å². The third-order valence-electron chi connectivity index (χ3n) is 8.85. The Labute approximate surface area is 303 Å². The Morgan fingerprint density at radius 2 is 1.24 bits per heavy atom. The molecule has 1 heterocycles. The lowest BCUT2D eigenvalue weighted by molar-refractivity contribution is -0.302. The number of rotatable bonds is 30. The minimum absolute atomic E-state index is 0.202. The van der Waals surface area contributed by atoms with Gasteiger partial charge in [-0.1, -0.05) is 132 Å². The van der Waals surface area contributed by atoms with E-state index in [4.69, 9.17) is 9.47 Å². The summed E-state index contributed by atoms with van der Waals surface area (Å²) >= 11 is 0. The maximum atomic E-state index is 12.9. The van der Waals surface area contributed by atoms with E-state index >= 15 is 0 Å². The molecule has 1 aliphatic rings. The van der Waals surface area contributed by atoms with Crippen molar-refractivity contribution in [3.63, 3.8) is 0 Å². The van der Waals surface area contributed by atoms with E-state index in [0.29, 0.717) is 6.42 Å². The van der Waals surface area contributed by atoms with Crippen LogP contribution in [-0.4, -0.2) is 87.5 Å². The summed E-state index contributed by atoms with van der Waals surface area (Å²) in [5.74, 6) is -0.207. The summed E-state index contributed by atoms with van der Waals surface area (Å²) in [6.07, 6.45) is 32.6. The molecule has 1 amide bonds. The van der Waals surface area contributed by atoms with Crippen molar-refractivity contribution in [1.29, 1.82) is 0 Å². The van der Waals surface area contributed by atoms with Crippen LogP contribution >= 0.6 is 0 Å². The van der Waals surface area contributed by atoms with Gasteiger partial charge in [-0.15, -0.1) is 0 Å². The molecule has 0 aromatic carbocycles. The van der Waals surface area contributed by atoms with Crippen molar-refractivity contribution < 1.29 is 39.8 Å². The van der Waals surface area contributed by atoms with E-state index in [1.165, 1.54) is 38.5 Å². The normalized spacial score (nSPS) is 22.9. The molecule has 7 atom stereocenters. The fraction of sp³-hybridized carbons (Fsp3) is 0.732. The molecule has 7 unspecified atom stereocenters. The quantitative estimate of drug-likeness (QED) is 0.0350. The third kappa shape index (κ3) is 22.7. The molecule has 1 saturated heterocycles. The second-order valence-electron chi connectivity index (χ2n) is 13.3. The van der Waals surface area contributed by atoms with E-state index in [0.717, 1.165) is 77.0 Å². The number of aliphatic hydroxyl groups is 5. The van der Waals surface area contributed by atoms with E-state index in [-0.39, 0.29) is 12.5 Å². The van der Waals surface area contributed by atoms with E-state index in [9.17, 15) is 30.3 Å². The summed E-state index contributed by atoms with van der Waals surface area (Å²) in [7, 11) is 0. The average Bonchev–Trinajstić information content (AvgIpc) is 3.11. The predicted molar refractivity (Wildman–Crippen MR) is 202 cm³/mol. The lowest BCUT2D eigenvalue weighted by Crippen LogP contribution is -2.60. The smallest absolute Gasteiger partial charge is 0.220 e. The summed E-state index contributed by atoms with van der Waals surface area (Å²) < 4.78 is 11.1. The summed E-state index contributed by atoms with van der Waals surface area (Å²) in [5, 5.41) is 53.8. The van der Waals surface area contributed by atoms with E-state index < -0.39 is 49.5 Å². The average molecular weight is 706 g/mol. The van der Waals surface area contributed by atoms with Crippen LogP contribution < -0.4 is 5.32 Å². The van der Waals surface area contributed by atoms with Crippen LogP contribution in [0, 0.1) is 0 Å². The lowest BCUT2D eigenvalue weighted by Gasteiger charge is -2.40. The van der Waals surface area contributed by atoms with Crippen molar-refractivity contribution in [2.75, 3.05) is 13.2 Å². The van der Waals surface area contributed by atoms with Crippen molar-refractivity contribution in [3.05, 3.63) is 60.8 Å². The molecule has 0 saturated carbocycles. The third-order valence-corrected chi connectivity index (χ3v) is 8.85. The van der Waals surface area contributed by atoms with Crippen LogP contribution in [0.5, 0.6) is 0 Å². The number of amides is 1. The van der Waals surface area contributed by atoms with Crippen LogP contribution in [-0.2, 0) is 14.3 Å². The molecular formula is C41H71NO8. The Hall–Kier alpha value is -2.11. The highest BCUT2D eigenvalue weighted by molar-refractivity contribution is 5.76. The standard InChI is InChI=1S/C41H71NO8/c1-3-5-7-9-11-13-15-16-17-18-19-20-21-23-25-27-29-31-37(45)42-34(33-49-41-40(48)39(47)38(46)36(32-43)50-41)35(44)30-28-26-24-22-14-12-10-8-6-4-2/h5,7,11,13,16-17,19-20,28,30,34-36,38-41,43-44,46-48H,3-4,6,8-10,12,14-15,18,21-27,29,31-33H2,1-2H3,(H,42,45)/b7-5-,13-11-,17-16-,20-19-,30-28+. The van der Waals surface area contributed by atoms with Crippen molar-refractivity contribution in [1.82, 2.24) is 5.32 Å². The maximum Gasteiger partial charge on any atom is 0.220 e. The van der Waals surface area contributed by atoms with Gasteiger partial charge in [-0.2, -0.15) is 0 Å². The molecule has 0 aromatic heterocycles. The number of hydrogen-bond donors (Lipinski definition) is 6. The lowest BCUT2D eigenvalue weighted by atomic mass is 9.99. The molecule has 1 rings (SSSR count). The first kappa shape index (κ1) is 45.9. The van der Waals surface area contributed by atoms with Gasteiger partial charge >= 0.3 is 0 Å². The second-order valence-corrected chi connectivity index (χ2v) is 13.3. The monoisotopic (exact) mass is 706 g/mol. The molecule has 6 N–H and O–H groups in total. The first-order chi connectivity index (χ1) is 24.3. The topological polar surface area (TPSA) is 149 Å². The molecule has 0 radical (unpaired) electrons.